The molecule has 4 rings (SSSR count). The van der Waals surface area contributed by atoms with Gasteiger partial charge in [-0.3, -0.25) is 9.59 Å². The summed E-state index contributed by atoms with van der Waals surface area (Å²) in [7, 11) is 0. The first-order chi connectivity index (χ1) is 15.9. The molecule has 2 atom stereocenters. The molecule has 1 saturated heterocycles. The number of fused-ring (bicyclic) bond motifs is 1. The van der Waals surface area contributed by atoms with E-state index in [0.29, 0.717) is 13.2 Å². The summed E-state index contributed by atoms with van der Waals surface area (Å²) in [6.07, 6.45) is 2.52. The molecular weight excluding hydrogens is 438 g/mol. The number of ether oxygens (including phenoxy) is 1. The monoisotopic (exact) mass is 469 g/mol. The van der Waals surface area contributed by atoms with Gasteiger partial charge in [-0.05, 0) is 56.7 Å². The predicted molar refractivity (Wildman–Crippen MR) is 128 cm³/mol. The molecule has 0 spiro atoms. The van der Waals surface area contributed by atoms with Crippen LogP contribution in [0.2, 0.25) is 0 Å². The molecule has 1 aromatic carbocycles. The minimum atomic E-state index is -0.734. The molecule has 9 heteroatoms. The number of thiophene rings is 1. The van der Waals surface area contributed by atoms with Crippen LogP contribution in [-0.4, -0.2) is 56.5 Å². The van der Waals surface area contributed by atoms with Crippen molar-refractivity contribution in [1.29, 1.82) is 0 Å². The summed E-state index contributed by atoms with van der Waals surface area (Å²) in [5.41, 5.74) is 1.13. The number of hydrogen-bond donors (Lipinski definition) is 1. The third kappa shape index (κ3) is 5.42. The molecule has 0 radical (unpaired) electrons. The van der Waals surface area contributed by atoms with Gasteiger partial charge < -0.3 is 15.0 Å². The van der Waals surface area contributed by atoms with E-state index in [-0.39, 0.29) is 30.0 Å². The van der Waals surface area contributed by atoms with Crippen molar-refractivity contribution in [3.8, 4) is 0 Å². The Morgan fingerprint density at radius 3 is 2.82 bits per heavy atom. The number of benzene rings is 1. The smallest absolute Gasteiger partial charge is 0.248 e. The first kappa shape index (κ1) is 23.4. The predicted octanol–water partition coefficient (Wildman–Crippen LogP) is 3.55. The minimum absolute atomic E-state index is 0.000437. The van der Waals surface area contributed by atoms with E-state index < -0.39 is 6.04 Å². The number of nitrogens with zero attached hydrogens (tertiary/aromatic N) is 4. The average Bonchev–Trinajstić information content (AvgIpc) is 3.56. The van der Waals surface area contributed by atoms with Gasteiger partial charge in [-0.1, -0.05) is 30.3 Å². The second-order valence-electron chi connectivity index (χ2n) is 9.06. The molecule has 2 aromatic heterocycles. The number of amides is 2. The van der Waals surface area contributed by atoms with E-state index in [1.807, 2.05) is 62.5 Å². The van der Waals surface area contributed by atoms with Gasteiger partial charge in [-0.2, -0.15) is 0 Å². The van der Waals surface area contributed by atoms with Gasteiger partial charge in [0.15, 0.2) is 0 Å². The lowest BCUT2D eigenvalue weighted by Crippen LogP contribution is -2.52. The minimum Gasteiger partial charge on any atom is -0.376 e. The third-order valence-corrected chi connectivity index (χ3v) is 7.09. The molecule has 1 aliphatic rings. The number of aromatic nitrogens is 3. The van der Waals surface area contributed by atoms with Crippen molar-refractivity contribution in [1.82, 2.24) is 25.2 Å². The maximum Gasteiger partial charge on any atom is 0.248 e. The number of carbonyl (C=O) groups is 2. The Bertz CT molecular complexity index is 1090. The largest absolute Gasteiger partial charge is 0.376 e. The molecule has 176 valence electrons. The maximum atomic E-state index is 13.7. The fourth-order valence-electron chi connectivity index (χ4n) is 3.97. The second-order valence-corrected chi connectivity index (χ2v) is 10.0. The van der Waals surface area contributed by atoms with Gasteiger partial charge in [0.05, 0.1) is 11.6 Å². The third-order valence-electron chi connectivity index (χ3n) is 6.17. The topological polar surface area (TPSA) is 89.4 Å². The van der Waals surface area contributed by atoms with E-state index in [1.54, 1.807) is 9.58 Å². The van der Waals surface area contributed by atoms with Crippen LogP contribution in [0, 0.1) is 0 Å². The highest BCUT2D eigenvalue weighted by molar-refractivity contribution is 7.10. The zero-order valence-electron chi connectivity index (χ0n) is 19.4. The van der Waals surface area contributed by atoms with Gasteiger partial charge in [0.25, 0.3) is 0 Å². The van der Waals surface area contributed by atoms with Crippen molar-refractivity contribution in [3.63, 3.8) is 0 Å². The number of rotatable bonds is 9. The molecule has 0 aliphatic carbocycles. The summed E-state index contributed by atoms with van der Waals surface area (Å²) in [5, 5.41) is 13.4. The summed E-state index contributed by atoms with van der Waals surface area (Å²) in [4.78, 5) is 29.8. The van der Waals surface area contributed by atoms with Crippen LogP contribution in [0.1, 0.15) is 51.0 Å². The molecule has 0 bridgehead atoms. The molecule has 0 saturated carbocycles. The fourth-order valence-corrected chi connectivity index (χ4v) is 4.81. The first-order valence-corrected chi connectivity index (χ1v) is 12.3. The highest BCUT2D eigenvalue weighted by Gasteiger charge is 2.36. The van der Waals surface area contributed by atoms with Crippen molar-refractivity contribution in [2.75, 3.05) is 13.2 Å². The van der Waals surface area contributed by atoms with Gasteiger partial charge >= 0.3 is 0 Å². The number of para-hydroxylation sites is 1. The zero-order chi connectivity index (χ0) is 23.4. The Balaban J connectivity index is 1.66. The van der Waals surface area contributed by atoms with Gasteiger partial charge in [0.1, 0.15) is 18.1 Å². The van der Waals surface area contributed by atoms with Crippen molar-refractivity contribution >= 4 is 34.2 Å². The second kappa shape index (κ2) is 10.0. The van der Waals surface area contributed by atoms with Crippen molar-refractivity contribution in [2.45, 2.75) is 64.3 Å². The fraction of sp³-hybridized carbons (Fsp3) is 0.500. The van der Waals surface area contributed by atoms with Crippen molar-refractivity contribution < 1.29 is 14.3 Å². The van der Waals surface area contributed by atoms with E-state index in [4.69, 9.17) is 4.74 Å². The Labute approximate surface area is 197 Å². The van der Waals surface area contributed by atoms with E-state index >= 15 is 0 Å². The van der Waals surface area contributed by atoms with Crippen LogP contribution in [-0.2, 0) is 20.9 Å². The van der Waals surface area contributed by atoms with Crippen molar-refractivity contribution in [2.24, 2.45) is 0 Å². The van der Waals surface area contributed by atoms with Crippen molar-refractivity contribution in [3.05, 3.63) is 46.7 Å². The van der Waals surface area contributed by atoms with Crippen LogP contribution in [0.15, 0.2) is 41.8 Å². The van der Waals surface area contributed by atoms with Gasteiger partial charge in [-0.15, -0.1) is 16.4 Å². The van der Waals surface area contributed by atoms with E-state index in [1.165, 1.54) is 11.3 Å². The van der Waals surface area contributed by atoms with Gasteiger partial charge in [-0.25, -0.2) is 4.68 Å². The van der Waals surface area contributed by atoms with Crippen LogP contribution < -0.4 is 5.32 Å². The molecule has 33 heavy (non-hydrogen) atoms. The summed E-state index contributed by atoms with van der Waals surface area (Å²) in [6, 6.07) is 10.6. The van der Waals surface area contributed by atoms with E-state index in [9.17, 15) is 9.59 Å². The molecular formula is C24H31N5O3S. The van der Waals surface area contributed by atoms with E-state index in [0.717, 1.165) is 35.2 Å². The number of carbonyl (C=O) groups excluding carboxylic acids is 2. The molecule has 1 aliphatic heterocycles. The normalized spacial score (nSPS) is 17.2. The van der Waals surface area contributed by atoms with Crippen LogP contribution in [0.5, 0.6) is 0 Å². The highest BCUT2D eigenvalue weighted by atomic mass is 32.1. The molecule has 0 unspecified atom stereocenters. The standard InChI is InChI=1S/C24H31N5O3S/c1-4-24(2,3)25-23(31)22(20-12-8-14-33-20)28(15-17-9-7-13-32-17)21(30)16-29-19-11-6-5-10-18(19)26-27-29/h5-6,8,10-12,14,17,22H,4,7,9,13,15-16H2,1-3H3,(H,25,31)/t17-,22+/m0/s1. The molecule has 3 aromatic rings. The number of nitrogens with one attached hydrogen (secondary N) is 1. The van der Waals surface area contributed by atoms with Gasteiger partial charge in [0.2, 0.25) is 11.8 Å². The summed E-state index contributed by atoms with van der Waals surface area (Å²) in [6.45, 7) is 7.05. The number of hydrogen-bond acceptors (Lipinski definition) is 6. The van der Waals surface area contributed by atoms with E-state index in [2.05, 4.69) is 15.6 Å². The molecule has 1 fully saturated rings. The van der Waals surface area contributed by atoms with Crippen LogP contribution in [0.4, 0.5) is 0 Å². The summed E-state index contributed by atoms with van der Waals surface area (Å²) >= 11 is 1.48. The Morgan fingerprint density at radius 1 is 1.30 bits per heavy atom. The first-order valence-electron chi connectivity index (χ1n) is 11.4. The SMILES string of the molecule is CCC(C)(C)NC(=O)[C@@H](c1cccs1)N(C[C@@H]1CCCO1)C(=O)Cn1nnc2ccccc21. The average molecular weight is 470 g/mol. The lowest BCUT2D eigenvalue weighted by Gasteiger charge is -2.35. The molecule has 3 heterocycles. The Morgan fingerprint density at radius 2 is 2.12 bits per heavy atom. The lowest BCUT2D eigenvalue weighted by atomic mass is 10.0. The summed E-state index contributed by atoms with van der Waals surface area (Å²) < 4.78 is 7.45. The van der Waals surface area contributed by atoms with Crippen LogP contribution in [0.25, 0.3) is 11.0 Å². The van der Waals surface area contributed by atoms with Crippen LogP contribution >= 0.6 is 11.3 Å². The van der Waals surface area contributed by atoms with Gasteiger partial charge in [0, 0.05) is 23.6 Å². The van der Waals surface area contributed by atoms with Crippen LogP contribution in [0.3, 0.4) is 0 Å². The zero-order valence-corrected chi connectivity index (χ0v) is 20.2. The Kier molecular flexibility index (Phi) is 7.09. The Hall–Kier alpha value is -2.78. The molecule has 8 nitrogen and oxygen atoms in total. The molecule has 2 amide bonds. The quantitative estimate of drug-likeness (QED) is 0.518. The lowest BCUT2D eigenvalue weighted by molar-refractivity contribution is -0.143. The summed E-state index contributed by atoms with van der Waals surface area (Å²) in [5.74, 6) is -0.372. The molecule has 1 N–H and O–H groups in total. The highest BCUT2D eigenvalue weighted by Crippen LogP contribution is 2.29. The maximum absolute atomic E-state index is 13.7.